The van der Waals surface area contributed by atoms with Crippen LogP contribution in [0.4, 0.5) is 0 Å². The summed E-state index contributed by atoms with van der Waals surface area (Å²) in [7, 11) is 0. The van der Waals surface area contributed by atoms with E-state index < -0.39 is 0 Å². The van der Waals surface area contributed by atoms with Crippen LogP contribution >= 0.6 is 0 Å². The van der Waals surface area contributed by atoms with Crippen LogP contribution in [0.5, 0.6) is 0 Å². The molecule has 1 aromatic carbocycles. The van der Waals surface area contributed by atoms with Crippen LogP contribution in [-0.4, -0.2) is 32.0 Å². The standard InChI is InChI=1S/C13H18O3/c1-11(7-14-9-13-10-16-13)15-8-12-5-3-2-4-6-12/h2-6,11,13H,7-10H2,1H3/t11-,13?/m1/s1. The normalized spacial score (nSPS) is 20.7. The van der Waals surface area contributed by atoms with E-state index >= 15 is 0 Å². The lowest BCUT2D eigenvalue weighted by Crippen LogP contribution is -2.17. The first-order chi connectivity index (χ1) is 7.84. The highest BCUT2D eigenvalue weighted by Gasteiger charge is 2.22. The van der Waals surface area contributed by atoms with Crippen molar-refractivity contribution in [1.82, 2.24) is 0 Å². The lowest BCUT2D eigenvalue weighted by molar-refractivity contribution is -0.0177. The average molecular weight is 222 g/mol. The summed E-state index contributed by atoms with van der Waals surface area (Å²) in [4.78, 5) is 0. The molecule has 0 N–H and O–H groups in total. The maximum Gasteiger partial charge on any atom is 0.104 e. The van der Waals surface area contributed by atoms with E-state index in [4.69, 9.17) is 14.2 Å². The van der Waals surface area contributed by atoms with Crippen molar-refractivity contribution >= 4 is 0 Å². The van der Waals surface area contributed by atoms with Crippen molar-refractivity contribution in [2.45, 2.75) is 25.7 Å². The molecule has 1 heterocycles. The fourth-order valence-electron chi connectivity index (χ4n) is 1.39. The maximum absolute atomic E-state index is 5.66. The molecule has 1 unspecified atom stereocenters. The highest BCUT2D eigenvalue weighted by molar-refractivity contribution is 5.13. The highest BCUT2D eigenvalue weighted by Crippen LogP contribution is 2.09. The second kappa shape index (κ2) is 5.99. The lowest BCUT2D eigenvalue weighted by Gasteiger charge is -2.13. The van der Waals surface area contributed by atoms with E-state index in [0.29, 0.717) is 25.9 Å². The zero-order valence-electron chi connectivity index (χ0n) is 9.59. The van der Waals surface area contributed by atoms with Gasteiger partial charge in [-0.1, -0.05) is 30.3 Å². The van der Waals surface area contributed by atoms with E-state index in [1.165, 1.54) is 5.56 Å². The molecule has 0 aromatic heterocycles. The Hall–Kier alpha value is -0.900. The van der Waals surface area contributed by atoms with E-state index in [2.05, 4.69) is 12.1 Å². The molecule has 0 bridgehead atoms. The number of benzene rings is 1. The summed E-state index contributed by atoms with van der Waals surface area (Å²) in [5.41, 5.74) is 1.19. The van der Waals surface area contributed by atoms with E-state index in [-0.39, 0.29) is 6.10 Å². The molecule has 1 aromatic rings. The van der Waals surface area contributed by atoms with Gasteiger partial charge in [-0.25, -0.2) is 0 Å². The molecular formula is C13H18O3. The van der Waals surface area contributed by atoms with E-state index in [9.17, 15) is 0 Å². The number of hydrogen-bond acceptors (Lipinski definition) is 3. The molecule has 1 aliphatic rings. The van der Waals surface area contributed by atoms with Crippen LogP contribution in [-0.2, 0) is 20.8 Å². The largest absolute Gasteiger partial charge is 0.376 e. The molecule has 1 aliphatic heterocycles. The van der Waals surface area contributed by atoms with E-state index in [1.54, 1.807) is 0 Å². The molecule has 1 saturated heterocycles. The SMILES string of the molecule is C[C@H](COCC1CO1)OCc1ccccc1. The lowest BCUT2D eigenvalue weighted by atomic mass is 10.2. The molecule has 0 saturated carbocycles. The van der Waals surface area contributed by atoms with E-state index in [0.717, 1.165) is 6.61 Å². The minimum Gasteiger partial charge on any atom is -0.376 e. The first kappa shape index (κ1) is 11.6. The predicted octanol–water partition coefficient (Wildman–Crippen LogP) is 2.01. The number of hydrogen-bond donors (Lipinski definition) is 0. The Morgan fingerprint density at radius 1 is 1.38 bits per heavy atom. The topological polar surface area (TPSA) is 31.0 Å². The smallest absolute Gasteiger partial charge is 0.104 e. The molecule has 88 valence electrons. The van der Waals surface area contributed by atoms with Crippen LogP contribution in [0.15, 0.2) is 30.3 Å². The third-order valence-electron chi connectivity index (χ3n) is 2.44. The van der Waals surface area contributed by atoms with Crippen LogP contribution in [0.25, 0.3) is 0 Å². The Morgan fingerprint density at radius 2 is 2.12 bits per heavy atom. The van der Waals surface area contributed by atoms with Crippen LogP contribution < -0.4 is 0 Å². The fraction of sp³-hybridized carbons (Fsp3) is 0.538. The van der Waals surface area contributed by atoms with Crippen molar-refractivity contribution in [2.24, 2.45) is 0 Å². The Kier molecular flexibility index (Phi) is 4.34. The van der Waals surface area contributed by atoms with Gasteiger partial charge >= 0.3 is 0 Å². The van der Waals surface area contributed by atoms with Crippen LogP contribution in [0.2, 0.25) is 0 Å². The van der Waals surface area contributed by atoms with Gasteiger partial charge in [-0.05, 0) is 12.5 Å². The summed E-state index contributed by atoms with van der Waals surface area (Å²) in [5, 5.41) is 0. The van der Waals surface area contributed by atoms with Crippen molar-refractivity contribution in [3.8, 4) is 0 Å². The maximum atomic E-state index is 5.66. The predicted molar refractivity (Wildman–Crippen MR) is 61.3 cm³/mol. The molecule has 0 radical (unpaired) electrons. The first-order valence-corrected chi connectivity index (χ1v) is 5.69. The second-order valence-electron chi connectivity index (χ2n) is 4.10. The number of ether oxygens (including phenoxy) is 3. The van der Waals surface area contributed by atoms with Crippen LogP contribution in [0, 0.1) is 0 Å². The quantitative estimate of drug-likeness (QED) is 0.661. The van der Waals surface area contributed by atoms with Gasteiger partial charge in [0, 0.05) is 0 Å². The minimum atomic E-state index is 0.124. The van der Waals surface area contributed by atoms with Gasteiger partial charge in [0.2, 0.25) is 0 Å². The Labute approximate surface area is 96.3 Å². The molecule has 1 fully saturated rings. The molecule has 2 rings (SSSR count). The Balaban J connectivity index is 1.57. The molecule has 0 aliphatic carbocycles. The Morgan fingerprint density at radius 3 is 2.81 bits per heavy atom. The van der Waals surface area contributed by atoms with Gasteiger partial charge in [0.25, 0.3) is 0 Å². The summed E-state index contributed by atoms with van der Waals surface area (Å²) in [6.07, 6.45) is 0.459. The summed E-state index contributed by atoms with van der Waals surface area (Å²) in [6, 6.07) is 10.2. The average Bonchev–Trinajstić information content (AvgIpc) is 3.12. The summed E-state index contributed by atoms with van der Waals surface area (Å²) in [6.45, 7) is 4.84. The van der Waals surface area contributed by atoms with Crippen molar-refractivity contribution in [3.05, 3.63) is 35.9 Å². The minimum absolute atomic E-state index is 0.124. The summed E-state index contributed by atoms with van der Waals surface area (Å²) in [5.74, 6) is 0. The summed E-state index contributed by atoms with van der Waals surface area (Å²) >= 11 is 0. The van der Waals surface area contributed by atoms with Gasteiger partial charge in [-0.15, -0.1) is 0 Å². The van der Waals surface area contributed by atoms with Gasteiger partial charge in [-0.3, -0.25) is 0 Å². The Bertz CT molecular complexity index is 295. The third-order valence-corrected chi connectivity index (χ3v) is 2.44. The van der Waals surface area contributed by atoms with Crippen molar-refractivity contribution in [1.29, 1.82) is 0 Å². The molecule has 2 atom stereocenters. The van der Waals surface area contributed by atoms with Crippen molar-refractivity contribution < 1.29 is 14.2 Å². The second-order valence-corrected chi connectivity index (χ2v) is 4.10. The monoisotopic (exact) mass is 222 g/mol. The first-order valence-electron chi connectivity index (χ1n) is 5.69. The number of rotatable bonds is 7. The third kappa shape index (κ3) is 4.31. The zero-order valence-corrected chi connectivity index (χ0v) is 9.59. The fourth-order valence-corrected chi connectivity index (χ4v) is 1.39. The van der Waals surface area contributed by atoms with Gasteiger partial charge < -0.3 is 14.2 Å². The van der Waals surface area contributed by atoms with Gasteiger partial charge in [0.15, 0.2) is 0 Å². The number of epoxide rings is 1. The van der Waals surface area contributed by atoms with Gasteiger partial charge in [0.1, 0.15) is 6.10 Å². The van der Waals surface area contributed by atoms with Gasteiger partial charge in [-0.2, -0.15) is 0 Å². The van der Waals surface area contributed by atoms with Crippen LogP contribution in [0.1, 0.15) is 12.5 Å². The van der Waals surface area contributed by atoms with Crippen LogP contribution in [0.3, 0.4) is 0 Å². The highest BCUT2D eigenvalue weighted by atomic mass is 16.6. The zero-order chi connectivity index (χ0) is 11.2. The molecule has 16 heavy (non-hydrogen) atoms. The van der Waals surface area contributed by atoms with Crippen molar-refractivity contribution in [3.63, 3.8) is 0 Å². The van der Waals surface area contributed by atoms with Crippen molar-refractivity contribution in [2.75, 3.05) is 19.8 Å². The molecular weight excluding hydrogens is 204 g/mol. The molecule has 3 nitrogen and oxygen atoms in total. The van der Waals surface area contributed by atoms with Gasteiger partial charge in [0.05, 0.1) is 32.5 Å². The molecule has 0 amide bonds. The summed E-state index contributed by atoms with van der Waals surface area (Å²) < 4.78 is 16.2. The van der Waals surface area contributed by atoms with E-state index in [1.807, 2.05) is 25.1 Å². The molecule has 0 spiro atoms. The molecule has 3 heteroatoms.